The number of nitrogens with two attached hydrogens (primary N) is 3. The minimum absolute atomic E-state index is 0. The molecule has 21 nitrogen and oxygen atoms in total. The Balaban J connectivity index is 0.000000194. The zero-order chi connectivity index (χ0) is 73.3. The van der Waals surface area contributed by atoms with Crippen LogP contribution in [0.25, 0.3) is 22.5 Å². The van der Waals surface area contributed by atoms with Crippen LogP contribution in [0.15, 0.2) is 95.6 Å². The van der Waals surface area contributed by atoms with Gasteiger partial charge in [-0.15, -0.1) is 5.92 Å². The molecule has 3 aromatic carbocycles. The van der Waals surface area contributed by atoms with Gasteiger partial charge in [-0.1, -0.05) is 59.4 Å². The molecule has 6 atom stereocenters. The van der Waals surface area contributed by atoms with Crippen molar-refractivity contribution in [2.75, 3.05) is 60.6 Å². The van der Waals surface area contributed by atoms with Crippen LogP contribution in [0, 0.1) is 59.0 Å². The van der Waals surface area contributed by atoms with Crippen molar-refractivity contribution in [3.8, 4) is 58.0 Å². The molecular weight excluding hydrogens is 1430 g/mol. The number of halogens is 7. The summed E-state index contributed by atoms with van der Waals surface area (Å²) in [4.78, 5) is 87.6. The monoisotopic (exact) mass is 1500 g/mol. The summed E-state index contributed by atoms with van der Waals surface area (Å²) in [5.41, 5.74) is 15.4. The number of amides is 6. The molecule has 9 N–H and O–H groups in total. The fourth-order valence-electron chi connectivity index (χ4n) is 11.1. The summed E-state index contributed by atoms with van der Waals surface area (Å²) < 4.78 is 88.3. The van der Waals surface area contributed by atoms with E-state index >= 15 is 0 Å². The first-order valence-corrected chi connectivity index (χ1v) is 32.9. The van der Waals surface area contributed by atoms with Gasteiger partial charge in [0.2, 0.25) is 16.8 Å². The number of aliphatic hydroxyl groups is 3. The molecule has 0 aliphatic carbocycles. The van der Waals surface area contributed by atoms with Gasteiger partial charge in [-0.2, -0.15) is 30.3 Å². The van der Waals surface area contributed by atoms with Gasteiger partial charge in [-0.3, -0.25) is 41.7 Å². The second-order valence-corrected chi connectivity index (χ2v) is 25.2. The maximum atomic E-state index is 14.9. The molecule has 30 heteroatoms. The maximum Gasteiger partial charge on any atom is 1.00 e. The number of primary amides is 3. The predicted molar refractivity (Wildman–Crippen MR) is 361 cm³/mol. The van der Waals surface area contributed by atoms with Crippen LogP contribution in [-0.2, 0) is 47.9 Å². The minimum Gasteiger partial charge on any atom is -0.378 e. The SMILES string of the molecule is CN1CC[C@@](O)(C#Cc2c[c-]ccc2)C1=O.CN1CC[C@@](O)(C#Cc2cccc(-c3nc(C(N)=O)c(CC[C@@H]4CCO4)cc3F)c2)C1=O.CN1CC[C@@](O)(C#Cc2cccc(-c3nc(C(N)=O)c(CC[C@H]4CCO4)cc3F)c2)C1=O.FB(F)F.NC(=O)c1nc(Br)c(F)cc1CCC1CCO1.[K+]. The third-order valence-electron chi connectivity index (χ3n) is 17.2. The zero-order valence-corrected chi connectivity index (χ0v) is 61.0. The molecule has 1 unspecified atom stereocenters. The predicted octanol–water partition coefficient (Wildman–Crippen LogP) is 3.42. The van der Waals surface area contributed by atoms with Gasteiger partial charge in [-0.05, 0) is 133 Å². The molecule has 12 rings (SSSR count). The molecule has 0 radical (unpaired) electrons. The van der Waals surface area contributed by atoms with Gasteiger partial charge in [-0.25, -0.2) is 28.1 Å². The molecule has 3 aromatic heterocycles. The number of hydrogen-bond acceptors (Lipinski definition) is 15. The van der Waals surface area contributed by atoms with E-state index in [0.29, 0.717) is 97.1 Å². The Morgan fingerprint density at radius 1 is 0.559 bits per heavy atom. The van der Waals surface area contributed by atoms with E-state index in [1.807, 2.05) is 12.1 Å². The number of aromatic nitrogens is 3. The molecule has 6 saturated heterocycles. The molecule has 102 heavy (non-hydrogen) atoms. The van der Waals surface area contributed by atoms with Gasteiger partial charge in [0.25, 0.3) is 35.4 Å². The van der Waals surface area contributed by atoms with Crippen LogP contribution in [-0.4, -0.2) is 184 Å². The molecule has 6 amide bonds. The van der Waals surface area contributed by atoms with Crippen LogP contribution in [0.3, 0.4) is 0 Å². The van der Waals surface area contributed by atoms with Gasteiger partial charge in [0.1, 0.15) is 44.7 Å². The number of carbonyl (C=O) groups is 6. The van der Waals surface area contributed by atoms with E-state index in [9.17, 15) is 70.2 Å². The summed E-state index contributed by atoms with van der Waals surface area (Å²) >= 11 is 2.93. The van der Waals surface area contributed by atoms with Crippen LogP contribution in [0.2, 0.25) is 0 Å². The fourth-order valence-corrected chi connectivity index (χ4v) is 11.3. The summed E-state index contributed by atoms with van der Waals surface area (Å²) in [6.45, 7) is 3.62. The van der Waals surface area contributed by atoms with Gasteiger partial charge < -0.3 is 61.4 Å². The van der Waals surface area contributed by atoms with Crippen LogP contribution >= 0.6 is 15.9 Å². The largest absolute Gasteiger partial charge is 1.00 e. The van der Waals surface area contributed by atoms with Gasteiger partial charge in [0.05, 0.1) is 18.3 Å². The number of carbonyl (C=O) groups excluding carboxylic acids is 6. The van der Waals surface area contributed by atoms with Gasteiger partial charge in [0.15, 0.2) is 5.82 Å². The molecular formula is C72H72BBrF6KN9O12. The van der Waals surface area contributed by atoms with Crippen molar-refractivity contribution < 1.29 is 136 Å². The standard InChI is InChI=1S/2C24H24FN3O4.C13H12NO2.C11H12BrFN2O2.BF3.K/c2*1-28-11-10-24(31,23(28)30)9-7-15-3-2-4-16(13-15)20-19(25)14-17(21(27-20)22(26)29)5-6-18-8-12-32-18;1-14-10-9-13(16,12(14)15)8-7-11-5-3-2-4-6-11;12-10-8(13)5-6(9(15-10)11(14)16)1-2-7-3-4-17-7;2-1(3)4;/h2*2-4,13-14,18,31H,5-6,8,10-12H2,1H3,(H2,26,29);2-3,5-6,16H,9-10H2,1H3;5,7H,1-4H2,(H2,14,16);;/q;;-1;;;+1/t18-,24+;18-,24-;13-;;;/m100.../s1. The Kier molecular flexibility index (Phi) is 29.6. The van der Waals surface area contributed by atoms with E-state index in [4.69, 9.17) is 31.4 Å². The molecule has 530 valence electrons. The van der Waals surface area contributed by atoms with E-state index in [2.05, 4.69) is 72.5 Å². The van der Waals surface area contributed by atoms with E-state index < -0.39 is 71.3 Å². The van der Waals surface area contributed by atoms with Crippen molar-refractivity contribution >= 4 is 58.9 Å². The fraction of sp³-hybridized carbons (Fsp3) is 0.375. The molecule has 6 aromatic rings. The molecule has 6 aliphatic heterocycles. The Hall–Kier alpha value is -7.87. The average molecular weight is 1500 g/mol. The van der Waals surface area contributed by atoms with Crippen LogP contribution < -0.4 is 68.6 Å². The number of pyridine rings is 3. The first-order chi connectivity index (χ1) is 48.0. The molecule has 0 saturated carbocycles. The van der Waals surface area contributed by atoms with Crippen molar-refractivity contribution in [1.29, 1.82) is 0 Å². The smallest absolute Gasteiger partial charge is 0.378 e. The normalized spacial score (nSPS) is 21.2. The second-order valence-electron chi connectivity index (χ2n) is 24.4. The molecule has 0 spiro atoms. The van der Waals surface area contributed by atoms with E-state index in [1.165, 1.54) is 32.9 Å². The molecule has 0 bridgehead atoms. The number of benzene rings is 3. The summed E-state index contributed by atoms with van der Waals surface area (Å²) in [5.74, 6) is 11.4. The van der Waals surface area contributed by atoms with Crippen molar-refractivity contribution in [3.05, 3.63) is 170 Å². The van der Waals surface area contributed by atoms with Crippen LogP contribution in [0.4, 0.5) is 26.1 Å². The summed E-state index contributed by atoms with van der Waals surface area (Å²) in [6, 6.07) is 27.1. The topological polar surface area (TPSA) is 317 Å². The van der Waals surface area contributed by atoms with Crippen LogP contribution in [0.5, 0.6) is 0 Å². The Bertz CT molecular complexity index is 4100. The first kappa shape index (κ1) is 81.4. The average Bonchev–Trinajstić information content (AvgIpc) is 1.09. The molecule has 9 heterocycles. The molecule has 6 aliphatic rings. The Morgan fingerprint density at radius 2 is 0.882 bits per heavy atom. The van der Waals surface area contributed by atoms with Crippen molar-refractivity contribution in [1.82, 2.24) is 29.7 Å². The number of likely N-dealkylation sites (tertiary alicyclic amines) is 3. The van der Waals surface area contributed by atoms with E-state index in [-0.39, 0.29) is 122 Å². The van der Waals surface area contributed by atoms with E-state index in [1.54, 1.807) is 81.8 Å². The Morgan fingerprint density at radius 3 is 1.18 bits per heavy atom. The van der Waals surface area contributed by atoms with Crippen LogP contribution in [0.1, 0.15) is 123 Å². The number of nitrogens with zero attached hydrogens (tertiary/aromatic N) is 6. The third-order valence-corrected chi connectivity index (χ3v) is 17.7. The Labute approximate surface area is 636 Å². The zero-order valence-electron chi connectivity index (χ0n) is 56.3. The summed E-state index contributed by atoms with van der Waals surface area (Å²) in [6.07, 6.45) is 7.70. The van der Waals surface area contributed by atoms with Gasteiger partial charge >= 0.3 is 58.9 Å². The number of rotatable bonds is 14. The van der Waals surface area contributed by atoms with Crippen molar-refractivity contribution in [2.24, 2.45) is 17.2 Å². The quantitative estimate of drug-likeness (QED) is 0.0299. The second kappa shape index (κ2) is 37.0. The third kappa shape index (κ3) is 21.8. The first-order valence-electron chi connectivity index (χ1n) is 32.1. The molecule has 6 fully saturated rings. The number of hydrogen-bond donors (Lipinski definition) is 6. The summed E-state index contributed by atoms with van der Waals surface area (Å²) in [5, 5.41) is 30.9. The van der Waals surface area contributed by atoms with Crippen molar-refractivity contribution in [2.45, 2.75) is 112 Å². The van der Waals surface area contributed by atoms with Crippen molar-refractivity contribution in [3.63, 3.8) is 0 Å². The van der Waals surface area contributed by atoms with Gasteiger partial charge in [0, 0.05) is 102 Å². The maximum absolute atomic E-state index is 14.9. The number of likely N-dealkylation sites (N-methyl/N-ethyl adjacent to an activating group) is 3. The van der Waals surface area contributed by atoms with E-state index in [0.717, 1.165) is 51.1 Å². The number of ether oxygens (including phenoxy) is 3. The number of aryl methyl sites for hydroxylation is 3. The summed E-state index contributed by atoms with van der Waals surface area (Å²) in [7, 11) is 1.21. The minimum atomic E-state index is -3.67.